The summed E-state index contributed by atoms with van der Waals surface area (Å²) in [6.45, 7) is 16.0. The summed E-state index contributed by atoms with van der Waals surface area (Å²) in [6, 6.07) is 21.4. The summed E-state index contributed by atoms with van der Waals surface area (Å²) >= 11 is 19.0. The summed E-state index contributed by atoms with van der Waals surface area (Å²) in [6.07, 6.45) is -9.45. The van der Waals surface area contributed by atoms with Crippen LogP contribution in [0.25, 0.3) is 11.1 Å². The molecule has 26 heteroatoms. The third kappa shape index (κ3) is 15.8. The molecule has 74 heavy (non-hydrogen) atoms. The number of benzene rings is 4. The summed E-state index contributed by atoms with van der Waals surface area (Å²) in [7, 11) is -0.952. The number of halogens is 12. The molecule has 4 aromatic carbocycles. The smallest absolute Gasteiger partial charge is 0.487 e. The maximum absolute atomic E-state index is 14.2. The van der Waals surface area contributed by atoms with E-state index >= 15 is 0 Å². The Morgan fingerprint density at radius 2 is 0.946 bits per heavy atom. The normalized spacial score (nSPS) is 18.6. The molecule has 2 N–H and O–H groups in total. The second-order valence-electron chi connectivity index (χ2n) is 18.1. The van der Waals surface area contributed by atoms with E-state index < -0.39 is 65.3 Å². The lowest BCUT2D eigenvalue weighted by Gasteiger charge is -2.32. The molecule has 0 radical (unpaired) electrons. The van der Waals surface area contributed by atoms with Crippen LogP contribution in [0.3, 0.4) is 0 Å². The van der Waals surface area contributed by atoms with Gasteiger partial charge in [-0.05, 0) is 142 Å². The molecule has 0 saturated carbocycles. The van der Waals surface area contributed by atoms with Gasteiger partial charge < -0.3 is 38.7 Å². The SMILES string of the molecule is CC1(C)OB(B2OC(C)(C)C(C)(C)O2)OC1(C)C.Fc1cc(Cl)ccc1Br.O=C(Nc1ccccc1-c1ccc(Cl)cc1F)C1=C(C(F)(F)F)OCCS1.O=C(Nc1ccccc1Br)C1=C(C(F)(F)F)OCCS1. The van der Waals surface area contributed by atoms with Crippen LogP contribution >= 0.6 is 78.6 Å². The summed E-state index contributed by atoms with van der Waals surface area (Å²) in [4.78, 5) is 23.4. The number of alkyl halides is 6. The first-order valence-electron chi connectivity index (χ1n) is 22.1. The molecule has 0 atom stereocenters. The summed E-state index contributed by atoms with van der Waals surface area (Å²) in [5.41, 5.74) is -0.393. The van der Waals surface area contributed by atoms with Crippen molar-refractivity contribution in [1.29, 1.82) is 0 Å². The Morgan fingerprint density at radius 1 is 0.554 bits per heavy atom. The van der Waals surface area contributed by atoms with E-state index in [0.717, 1.165) is 29.6 Å². The molecular weight excluding hydrogens is 1200 g/mol. The summed E-state index contributed by atoms with van der Waals surface area (Å²) < 4.78 is 138. The van der Waals surface area contributed by atoms with E-state index in [9.17, 15) is 44.7 Å². The zero-order valence-corrected chi connectivity index (χ0v) is 47.0. The van der Waals surface area contributed by atoms with Crippen LogP contribution in [0, 0.1) is 11.6 Å². The highest BCUT2D eigenvalue weighted by Gasteiger charge is 2.63. The van der Waals surface area contributed by atoms with Gasteiger partial charge in [0.15, 0.2) is 0 Å². The van der Waals surface area contributed by atoms with Crippen molar-refractivity contribution in [3.63, 3.8) is 0 Å². The predicted molar refractivity (Wildman–Crippen MR) is 283 cm³/mol. The number of thioether (sulfide) groups is 2. The molecule has 2 fully saturated rings. The lowest BCUT2D eigenvalue weighted by atomic mass is 9.49. The Morgan fingerprint density at radius 3 is 1.35 bits per heavy atom. The molecule has 0 bridgehead atoms. The van der Waals surface area contributed by atoms with Gasteiger partial charge in [0.05, 0.1) is 45.8 Å². The largest absolute Gasteiger partial charge is 0.488 e. The van der Waals surface area contributed by atoms with Crippen LogP contribution in [0.15, 0.2) is 115 Å². The zero-order chi connectivity index (χ0) is 55.2. The number of allylic oxidation sites excluding steroid dienone is 2. The number of amides is 2. The van der Waals surface area contributed by atoms with E-state index in [1.165, 1.54) is 24.3 Å². The zero-order valence-electron chi connectivity index (χ0n) is 40.7. The van der Waals surface area contributed by atoms with Crippen molar-refractivity contribution in [2.24, 2.45) is 0 Å². The van der Waals surface area contributed by atoms with Gasteiger partial charge in [0.1, 0.15) is 21.4 Å². The first-order valence-corrected chi connectivity index (χ1v) is 26.4. The van der Waals surface area contributed by atoms with Crippen LogP contribution in [0.1, 0.15) is 55.4 Å². The van der Waals surface area contributed by atoms with Gasteiger partial charge in [0, 0.05) is 42.8 Å². The second-order valence-corrected chi connectivity index (χ2v) is 22.9. The van der Waals surface area contributed by atoms with Gasteiger partial charge in [-0.15, -0.1) is 23.5 Å². The average Bonchev–Trinajstić information content (AvgIpc) is 3.68. The fourth-order valence-corrected chi connectivity index (χ4v) is 9.19. The van der Waals surface area contributed by atoms with Crippen molar-refractivity contribution in [3.05, 3.63) is 137 Å². The highest BCUT2D eigenvalue weighted by Crippen LogP contribution is 2.44. The number of ether oxygens (including phenoxy) is 2. The van der Waals surface area contributed by atoms with Crippen molar-refractivity contribution >= 4 is 116 Å². The molecule has 0 unspecified atom stereocenters. The third-order valence-electron chi connectivity index (χ3n) is 11.7. The Kier molecular flexibility index (Phi) is 20.7. The number of para-hydroxylation sites is 2. The van der Waals surface area contributed by atoms with Crippen LogP contribution in [0.5, 0.6) is 0 Å². The Bertz CT molecular complexity index is 2690. The van der Waals surface area contributed by atoms with Crippen molar-refractivity contribution in [2.45, 2.75) is 90.1 Å². The van der Waals surface area contributed by atoms with E-state index in [-0.39, 0.29) is 63.5 Å². The second kappa shape index (κ2) is 24.9. The standard InChI is InChI=1S/C18H12ClF4NO2S.C12H24B2O4.C12H9BrF3NO2S.C6H3BrClF/c19-10-5-6-11(13(20)9-10)12-3-1-2-4-14(12)24-17(25)15-16(18(21,22)23)26-7-8-27-15;1-9(2)10(3,4)16-13(15-9)14-17-11(5,6)12(7,8)18-14;13-7-3-1-2-4-8(7)17-11(18)9-10(12(14,15)16)19-5-6-20-9;7-5-2-1-4(8)3-6(5)9/h1-6,9H,7-8H2,(H,24,25);1-8H3;1-4H,5-6H2,(H,17,18);1-3H. The minimum atomic E-state index is -4.78. The minimum absolute atomic E-state index is 0.0642. The van der Waals surface area contributed by atoms with Crippen LogP contribution < -0.4 is 10.6 Å². The highest BCUT2D eigenvalue weighted by molar-refractivity contribution is 9.10. The lowest BCUT2D eigenvalue weighted by molar-refractivity contribution is -0.133. The van der Waals surface area contributed by atoms with Crippen LogP contribution in [0.2, 0.25) is 10.0 Å². The van der Waals surface area contributed by atoms with Crippen molar-refractivity contribution in [3.8, 4) is 11.1 Å². The predicted octanol–water partition coefficient (Wildman–Crippen LogP) is 15.0. The molecule has 10 nitrogen and oxygen atoms in total. The van der Waals surface area contributed by atoms with Gasteiger partial charge in [-0.25, -0.2) is 8.78 Å². The lowest BCUT2D eigenvalue weighted by Crippen LogP contribution is -2.41. The summed E-state index contributed by atoms with van der Waals surface area (Å²) in [5, 5.41) is 5.48. The molecule has 4 aliphatic rings. The number of hydrogen-bond donors (Lipinski definition) is 2. The van der Waals surface area contributed by atoms with E-state index in [0.29, 0.717) is 31.0 Å². The molecule has 2 amide bonds. The highest BCUT2D eigenvalue weighted by atomic mass is 79.9. The van der Waals surface area contributed by atoms with Crippen molar-refractivity contribution in [1.82, 2.24) is 0 Å². The average molecular weight is 1250 g/mol. The Labute approximate surface area is 459 Å². The van der Waals surface area contributed by atoms with Gasteiger partial charge >= 0.3 is 26.4 Å². The molecule has 0 aliphatic carbocycles. The first kappa shape index (κ1) is 61.4. The van der Waals surface area contributed by atoms with Gasteiger partial charge in [-0.3, -0.25) is 9.59 Å². The monoisotopic (exact) mass is 1250 g/mol. The van der Waals surface area contributed by atoms with Crippen LogP contribution in [-0.2, 0) is 37.7 Å². The van der Waals surface area contributed by atoms with Crippen LogP contribution in [-0.4, -0.2) is 85.3 Å². The molecule has 4 heterocycles. The Hall–Kier alpha value is -3.45. The molecular formula is C48H48B2Br2Cl2F8N2O8S2. The van der Waals surface area contributed by atoms with Crippen molar-refractivity contribution < 1.29 is 72.8 Å². The Balaban J connectivity index is 0.000000193. The van der Waals surface area contributed by atoms with E-state index in [2.05, 4.69) is 52.0 Å². The third-order valence-corrected chi connectivity index (χ3v) is 15.5. The van der Waals surface area contributed by atoms with E-state index in [1.807, 2.05) is 55.4 Å². The molecule has 0 spiro atoms. The quantitative estimate of drug-likeness (QED) is 0.110. The van der Waals surface area contributed by atoms with Gasteiger partial charge in [-0.1, -0.05) is 53.5 Å². The van der Waals surface area contributed by atoms with E-state index in [4.69, 9.17) is 41.8 Å². The van der Waals surface area contributed by atoms with Gasteiger partial charge in [0.25, 0.3) is 11.8 Å². The number of carbonyl (C=O) groups is 2. The fraction of sp³-hybridized carbons (Fsp3) is 0.375. The topological polar surface area (TPSA) is 114 Å². The first-order chi connectivity index (χ1) is 34.2. The molecule has 8 rings (SSSR count). The number of anilines is 2. The number of hydrogen-bond acceptors (Lipinski definition) is 10. The maximum Gasteiger partial charge on any atom is 0.488 e. The molecule has 2 saturated heterocycles. The van der Waals surface area contributed by atoms with Crippen molar-refractivity contribution in [2.75, 3.05) is 35.4 Å². The fourth-order valence-electron chi connectivity index (χ4n) is 6.52. The molecule has 0 aromatic heterocycles. The van der Waals surface area contributed by atoms with Crippen LogP contribution in [0.4, 0.5) is 46.5 Å². The van der Waals surface area contributed by atoms with Gasteiger partial charge in [0.2, 0.25) is 11.5 Å². The number of carbonyl (C=O) groups excluding carboxylic acids is 2. The summed E-state index contributed by atoms with van der Waals surface area (Å²) in [5.74, 6) is -4.75. The van der Waals surface area contributed by atoms with Gasteiger partial charge in [-0.2, -0.15) is 26.3 Å². The number of rotatable bonds is 6. The molecule has 4 aliphatic heterocycles. The number of nitrogens with one attached hydrogen (secondary N) is 2. The van der Waals surface area contributed by atoms with E-state index in [1.54, 1.807) is 54.6 Å². The molecule has 400 valence electrons. The maximum atomic E-state index is 14.2. The minimum Gasteiger partial charge on any atom is -0.487 e. The molecule has 4 aromatic rings.